The van der Waals surface area contributed by atoms with Gasteiger partial charge in [-0.3, -0.25) is 9.88 Å². The van der Waals surface area contributed by atoms with Crippen molar-refractivity contribution in [3.63, 3.8) is 0 Å². The Hall–Kier alpha value is -3.94. The summed E-state index contributed by atoms with van der Waals surface area (Å²) in [6, 6.07) is 8.76. The number of aliphatic hydroxyl groups is 1. The van der Waals surface area contributed by atoms with E-state index in [2.05, 4.69) is 32.4 Å². The minimum absolute atomic E-state index is 0.0322. The summed E-state index contributed by atoms with van der Waals surface area (Å²) in [5, 5.41) is 14.7. The largest absolute Gasteiger partial charge is 0.456 e. The van der Waals surface area contributed by atoms with Gasteiger partial charge in [-0.15, -0.1) is 0 Å². The number of anilines is 2. The van der Waals surface area contributed by atoms with Crippen molar-refractivity contribution >= 4 is 17.5 Å². The molecule has 3 aromatic rings. The van der Waals surface area contributed by atoms with E-state index in [0.29, 0.717) is 43.5 Å². The number of halogens is 3. The second kappa shape index (κ2) is 13.8. The van der Waals surface area contributed by atoms with Crippen LogP contribution in [0.3, 0.4) is 0 Å². The summed E-state index contributed by atoms with van der Waals surface area (Å²) in [6.07, 6.45) is -1.35. The number of pyridine rings is 2. The number of likely N-dealkylation sites (N-methyl/N-ethyl adjacent to an activating group) is 1. The summed E-state index contributed by atoms with van der Waals surface area (Å²) in [5.74, 6) is 1.46. The Morgan fingerprint density at radius 1 is 1.07 bits per heavy atom. The number of aromatic nitrogens is 2. The van der Waals surface area contributed by atoms with Crippen molar-refractivity contribution in [3.8, 4) is 11.5 Å². The Morgan fingerprint density at radius 3 is 2.57 bits per heavy atom. The van der Waals surface area contributed by atoms with Crippen molar-refractivity contribution in [2.24, 2.45) is 0 Å². The number of benzene rings is 1. The highest BCUT2D eigenvalue weighted by Crippen LogP contribution is 2.35. The lowest BCUT2D eigenvalue weighted by atomic mass is 9.96. The van der Waals surface area contributed by atoms with Crippen LogP contribution in [0, 0.1) is 0 Å². The molecule has 1 fully saturated rings. The van der Waals surface area contributed by atoms with Crippen LogP contribution < -0.4 is 15.4 Å². The molecular formula is C31H38F3N7O3. The topological polar surface area (TPSA) is 106 Å². The molecule has 0 bridgehead atoms. The molecule has 2 amide bonds. The van der Waals surface area contributed by atoms with E-state index in [-0.39, 0.29) is 36.9 Å². The van der Waals surface area contributed by atoms with Crippen LogP contribution in [0.1, 0.15) is 42.1 Å². The van der Waals surface area contributed by atoms with Gasteiger partial charge in [0.25, 0.3) is 0 Å². The van der Waals surface area contributed by atoms with Gasteiger partial charge >= 0.3 is 12.2 Å². The van der Waals surface area contributed by atoms with Crippen molar-refractivity contribution in [2.75, 3.05) is 63.1 Å². The molecule has 10 nitrogen and oxygen atoms in total. The fraction of sp³-hybridized carbons (Fsp3) is 0.452. The van der Waals surface area contributed by atoms with E-state index in [1.54, 1.807) is 29.4 Å². The highest BCUT2D eigenvalue weighted by Gasteiger charge is 2.35. The first-order chi connectivity index (χ1) is 21.1. The molecule has 1 aromatic carbocycles. The molecule has 236 valence electrons. The van der Waals surface area contributed by atoms with Crippen LogP contribution in [0.5, 0.6) is 11.5 Å². The predicted molar refractivity (Wildman–Crippen MR) is 161 cm³/mol. The number of carbonyl (C=O) groups excluding carboxylic acids is 1. The molecule has 4 heterocycles. The molecule has 44 heavy (non-hydrogen) atoms. The molecule has 1 atom stereocenters. The van der Waals surface area contributed by atoms with Crippen LogP contribution in [0.4, 0.5) is 29.5 Å². The zero-order valence-electron chi connectivity index (χ0n) is 24.9. The smallest absolute Gasteiger partial charge is 0.416 e. The van der Waals surface area contributed by atoms with Crippen molar-refractivity contribution < 1.29 is 27.8 Å². The average Bonchev–Trinajstić information content (AvgIpc) is 3.00. The third kappa shape index (κ3) is 7.76. The summed E-state index contributed by atoms with van der Waals surface area (Å²) >= 11 is 0. The number of piperazine rings is 1. The van der Waals surface area contributed by atoms with E-state index in [1.807, 2.05) is 17.9 Å². The zero-order chi connectivity index (χ0) is 31.3. The van der Waals surface area contributed by atoms with Gasteiger partial charge in [-0.25, -0.2) is 9.78 Å². The van der Waals surface area contributed by atoms with Crippen molar-refractivity contribution in [3.05, 3.63) is 71.2 Å². The van der Waals surface area contributed by atoms with Crippen molar-refractivity contribution in [1.29, 1.82) is 0 Å². The molecule has 13 heteroatoms. The van der Waals surface area contributed by atoms with Crippen LogP contribution >= 0.6 is 0 Å². The third-order valence-electron chi connectivity index (χ3n) is 7.94. The molecule has 2 aliphatic heterocycles. The van der Waals surface area contributed by atoms with Crippen molar-refractivity contribution in [1.82, 2.24) is 24.7 Å². The van der Waals surface area contributed by atoms with Crippen LogP contribution in [-0.2, 0) is 19.3 Å². The Bertz CT molecular complexity index is 1450. The van der Waals surface area contributed by atoms with Gasteiger partial charge < -0.3 is 30.3 Å². The van der Waals surface area contributed by atoms with Gasteiger partial charge in [0, 0.05) is 76.2 Å². The van der Waals surface area contributed by atoms with E-state index in [1.165, 1.54) is 12.1 Å². The van der Waals surface area contributed by atoms with E-state index in [0.717, 1.165) is 37.0 Å². The standard InChI is InChI=1S/C31H38F3N7O3/c1-3-39-9-11-40(12-10-39)19-22-4-5-24(15-27(22)31(32,33)34)38-30(43)41-18-21(2)29-23(20-41)14-26(17-37-29)44-25-6-7-35-28(16-25)36-8-13-42/h4-7,14-17,21,42H,3,8-13,18-20H2,1-2H3,(H,35,36)(H,38,43). The number of ether oxygens (including phenoxy) is 1. The lowest BCUT2D eigenvalue weighted by Gasteiger charge is -2.34. The molecule has 2 aromatic heterocycles. The number of aliphatic hydroxyl groups excluding tert-OH is 1. The summed E-state index contributed by atoms with van der Waals surface area (Å²) in [7, 11) is 0. The Morgan fingerprint density at radius 2 is 1.84 bits per heavy atom. The van der Waals surface area contributed by atoms with Crippen LogP contribution in [0.2, 0.25) is 0 Å². The number of amides is 2. The fourth-order valence-electron chi connectivity index (χ4n) is 5.62. The van der Waals surface area contributed by atoms with E-state index in [9.17, 15) is 18.0 Å². The van der Waals surface area contributed by atoms with Gasteiger partial charge in [0.15, 0.2) is 0 Å². The number of rotatable bonds is 9. The first-order valence-corrected chi connectivity index (χ1v) is 14.8. The molecule has 2 aliphatic rings. The molecular weight excluding hydrogens is 575 g/mol. The molecule has 0 aliphatic carbocycles. The fourth-order valence-corrected chi connectivity index (χ4v) is 5.62. The molecule has 0 saturated carbocycles. The maximum Gasteiger partial charge on any atom is 0.416 e. The monoisotopic (exact) mass is 613 g/mol. The number of fused-ring (bicyclic) bond motifs is 1. The first-order valence-electron chi connectivity index (χ1n) is 14.8. The number of hydrogen-bond donors (Lipinski definition) is 3. The van der Waals surface area contributed by atoms with Crippen molar-refractivity contribution in [2.45, 2.75) is 39.0 Å². The highest BCUT2D eigenvalue weighted by molar-refractivity contribution is 5.89. The molecule has 3 N–H and O–H groups in total. The molecule has 1 saturated heterocycles. The molecule has 0 radical (unpaired) electrons. The van der Waals surface area contributed by atoms with Gasteiger partial charge in [-0.2, -0.15) is 13.2 Å². The number of alkyl halides is 3. The minimum Gasteiger partial charge on any atom is -0.456 e. The van der Waals surface area contributed by atoms with Gasteiger partial charge in [-0.1, -0.05) is 19.9 Å². The van der Waals surface area contributed by atoms with Crippen LogP contribution in [-0.4, -0.2) is 88.2 Å². The van der Waals surface area contributed by atoms with Crippen LogP contribution in [0.15, 0.2) is 48.8 Å². The van der Waals surface area contributed by atoms with Gasteiger partial charge in [-0.05, 0) is 41.9 Å². The minimum atomic E-state index is -4.55. The molecule has 0 spiro atoms. The predicted octanol–water partition coefficient (Wildman–Crippen LogP) is 4.98. The summed E-state index contributed by atoms with van der Waals surface area (Å²) in [4.78, 5) is 27.9. The number of hydrogen-bond acceptors (Lipinski definition) is 8. The number of nitrogens with zero attached hydrogens (tertiary/aromatic N) is 5. The second-order valence-electron chi connectivity index (χ2n) is 11.1. The normalized spacial score (nSPS) is 17.7. The van der Waals surface area contributed by atoms with Gasteiger partial charge in [0.05, 0.1) is 24.1 Å². The maximum absolute atomic E-state index is 14.1. The lowest BCUT2D eigenvalue weighted by Crippen LogP contribution is -2.45. The van der Waals surface area contributed by atoms with E-state index < -0.39 is 17.8 Å². The first kappa shape index (κ1) is 31.5. The second-order valence-corrected chi connectivity index (χ2v) is 11.1. The number of urea groups is 1. The molecule has 5 rings (SSSR count). The summed E-state index contributed by atoms with van der Waals surface area (Å²) < 4.78 is 48.3. The Labute approximate surface area is 254 Å². The van der Waals surface area contributed by atoms with Crippen LogP contribution in [0.25, 0.3) is 0 Å². The number of nitrogens with one attached hydrogen (secondary N) is 2. The lowest BCUT2D eigenvalue weighted by molar-refractivity contribution is -0.138. The summed E-state index contributed by atoms with van der Waals surface area (Å²) in [5.41, 5.74) is 1.19. The average molecular weight is 614 g/mol. The third-order valence-corrected chi connectivity index (χ3v) is 7.94. The van der Waals surface area contributed by atoms with Gasteiger partial charge in [0.1, 0.15) is 17.3 Å². The summed E-state index contributed by atoms with van der Waals surface area (Å²) in [6.45, 7) is 9.17. The number of carbonyl (C=O) groups is 1. The molecule has 1 unspecified atom stereocenters. The van der Waals surface area contributed by atoms with E-state index >= 15 is 0 Å². The maximum atomic E-state index is 14.1. The van der Waals surface area contributed by atoms with E-state index in [4.69, 9.17) is 9.84 Å². The van der Waals surface area contributed by atoms with Gasteiger partial charge in [0.2, 0.25) is 0 Å². The highest BCUT2D eigenvalue weighted by atomic mass is 19.4. The Kier molecular flexibility index (Phi) is 9.87. The zero-order valence-corrected chi connectivity index (χ0v) is 24.9. The quantitative estimate of drug-likeness (QED) is 0.311. The SMILES string of the molecule is CCN1CCN(Cc2ccc(NC(=O)N3Cc4cc(Oc5ccnc(NCCO)c5)cnc4C(C)C3)cc2C(F)(F)F)CC1. The Balaban J connectivity index is 1.26.